The number of carbonyl (C=O) groups is 2. The van der Waals surface area contributed by atoms with Gasteiger partial charge in [0.1, 0.15) is 0 Å². The molecule has 114 valence electrons. The highest BCUT2D eigenvalue weighted by molar-refractivity contribution is 7.12. The molecule has 1 saturated carbocycles. The van der Waals surface area contributed by atoms with Crippen LogP contribution in [0, 0.1) is 0 Å². The summed E-state index contributed by atoms with van der Waals surface area (Å²) in [5.74, 6) is -1.16. The molecule has 0 spiro atoms. The van der Waals surface area contributed by atoms with Gasteiger partial charge in [-0.15, -0.1) is 11.3 Å². The quantitative estimate of drug-likeness (QED) is 0.721. The molecule has 1 heterocycles. The molecule has 2 N–H and O–H groups in total. The van der Waals surface area contributed by atoms with Crippen LogP contribution in [0.15, 0.2) is 17.5 Å². The molecule has 2 rings (SSSR count). The Labute approximate surface area is 128 Å². The van der Waals surface area contributed by atoms with Crippen LogP contribution in [0.25, 0.3) is 6.08 Å². The van der Waals surface area contributed by atoms with Gasteiger partial charge in [0.2, 0.25) is 0 Å². The van der Waals surface area contributed by atoms with Crippen molar-refractivity contribution < 1.29 is 14.7 Å². The number of hydrogen-bond acceptors (Lipinski definition) is 4. The largest absolute Gasteiger partial charge is 0.478 e. The first kappa shape index (κ1) is 15.7. The number of nitrogens with one attached hydrogen (secondary N) is 1. The third-order valence-electron chi connectivity index (χ3n) is 3.46. The number of amides is 1. The Kier molecular flexibility index (Phi) is 5.52. The summed E-state index contributed by atoms with van der Waals surface area (Å²) in [6, 6.07) is 2.45. The fraction of sp³-hybridized carbons (Fsp3) is 0.467. The number of thiophene rings is 1. The number of likely N-dealkylation sites (N-methyl/N-ethyl adjacent to an activating group) is 1. The van der Waals surface area contributed by atoms with Crippen molar-refractivity contribution in [3.63, 3.8) is 0 Å². The monoisotopic (exact) mass is 308 g/mol. The van der Waals surface area contributed by atoms with Crippen LogP contribution in [0.4, 0.5) is 0 Å². The Morgan fingerprint density at radius 2 is 2.29 bits per heavy atom. The minimum absolute atomic E-state index is 0.137. The van der Waals surface area contributed by atoms with Gasteiger partial charge in [0.15, 0.2) is 0 Å². The number of nitrogens with zero attached hydrogens (tertiary/aromatic N) is 1. The van der Waals surface area contributed by atoms with Crippen molar-refractivity contribution in [2.75, 3.05) is 19.6 Å². The summed E-state index contributed by atoms with van der Waals surface area (Å²) in [5, 5.41) is 13.3. The average Bonchev–Trinajstić information content (AvgIpc) is 3.18. The first-order chi connectivity index (χ1) is 10.1. The molecule has 0 radical (unpaired) electrons. The zero-order chi connectivity index (χ0) is 15.2. The van der Waals surface area contributed by atoms with E-state index in [9.17, 15) is 9.59 Å². The molecule has 1 fully saturated rings. The lowest BCUT2D eigenvalue weighted by Crippen LogP contribution is -2.36. The van der Waals surface area contributed by atoms with Gasteiger partial charge in [0, 0.05) is 25.2 Å². The van der Waals surface area contributed by atoms with E-state index in [0.29, 0.717) is 23.0 Å². The molecule has 0 aliphatic heterocycles. The van der Waals surface area contributed by atoms with E-state index in [0.717, 1.165) is 19.2 Å². The molecule has 1 aromatic rings. The molecule has 0 aromatic carbocycles. The molecule has 0 unspecified atom stereocenters. The van der Waals surface area contributed by atoms with Crippen LogP contribution in [-0.4, -0.2) is 47.6 Å². The number of carboxylic acid groups (broad SMARTS) is 1. The molecule has 1 aliphatic rings. The summed E-state index contributed by atoms with van der Waals surface area (Å²) >= 11 is 1.32. The predicted octanol–water partition coefficient (Wildman–Crippen LogP) is 2.06. The Balaban J connectivity index is 1.85. The van der Waals surface area contributed by atoms with Gasteiger partial charge in [-0.05, 0) is 42.5 Å². The van der Waals surface area contributed by atoms with Gasteiger partial charge in [0.05, 0.1) is 4.88 Å². The summed E-state index contributed by atoms with van der Waals surface area (Å²) in [7, 11) is 0. The lowest BCUT2D eigenvalue weighted by molar-refractivity contribution is -0.131. The molecule has 0 bridgehead atoms. The van der Waals surface area contributed by atoms with Crippen molar-refractivity contribution >= 4 is 29.3 Å². The summed E-state index contributed by atoms with van der Waals surface area (Å²) < 4.78 is 0. The van der Waals surface area contributed by atoms with Crippen molar-refractivity contribution in [1.29, 1.82) is 0 Å². The molecule has 1 aliphatic carbocycles. The van der Waals surface area contributed by atoms with Gasteiger partial charge >= 0.3 is 5.97 Å². The summed E-state index contributed by atoms with van der Waals surface area (Å²) in [5.41, 5.74) is 0.648. The van der Waals surface area contributed by atoms with Crippen LogP contribution in [0.5, 0.6) is 0 Å². The highest BCUT2D eigenvalue weighted by atomic mass is 32.1. The zero-order valence-electron chi connectivity index (χ0n) is 12.0. The number of carboxylic acids is 1. The predicted molar refractivity (Wildman–Crippen MR) is 83.6 cm³/mol. The molecule has 1 aromatic heterocycles. The van der Waals surface area contributed by atoms with Gasteiger partial charge in [0.25, 0.3) is 5.91 Å². The minimum atomic E-state index is -1.02. The number of hydrogen-bond donors (Lipinski definition) is 2. The van der Waals surface area contributed by atoms with E-state index in [4.69, 9.17) is 5.11 Å². The molecule has 21 heavy (non-hydrogen) atoms. The van der Waals surface area contributed by atoms with Crippen LogP contribution < -0.4 is 5.32 Å². The van der Waals surface area contributed by atoms with Gasteiger partial charge in [-0.3, -0.25) is 9.69 Å². The van der Waals surface area contributed by atoms with Crippen molar-refractivity contribution in [2.45, 2.75) is 25.8 Å². The van der Waals surface area contributed by atoms with Gasteiger partial charge in [-0.25, -0.2) is 4.79 Å². The van der Waals surface area contributed by atoms with E-state index in [1.807, 2.05) is 0 Å². The van der Waals surface area contributed by atoms with Crippen molar-refractivity contribution in [3.8, 4) is 0 Å². The summed E-state index contributed by atoms with van der Waals surface area (Å²) in [6.45, 7) is 4.61. The van der Waals surface area contributed by atoms with E-state index >= 15 is 0 Å². The molecule has 6 heteroatoms. The second kappa shape index (κ2) is 7.38. The highest BCUT2D eigenvalue weighted by Crippen LogP contribution is 2.25. The molecule has 0 saturated heterocycles. The highest BCUT2D eigenvalue weighted by Gasteiger charge is 2.27. The third-order valence-corrected chi connectivity index (χ3v) is 4.39. The Hall–Kier alpha value is -1.66. The van der Waals surface area contributed by atoms with E-state index in [2.05, 4.69) is 17.1 Å². The van der Waals surface area contributed by atoms with Gasteiger partial charge < -0.3 is 10.4 Å². The standard InChI is InChI=1S/C15H20N2O3S/c1-2-17(12-4-5-12)9-8-16-15(20)14-11(7-10-21-14)3-6-13(18)19/h3,6-7,10,12H,2,4-5,8-9H2,1H3,(H,16,20)(H,18,19)/b6-3+. The topological polar surface area (TPSA) is 69.6 Å². The number of carbonyl (C=O) groups excluding carboxylic acids is 1. The Bertz CT molecular complexity index is 535. The van der Waals surface area contributed by atoms with Gasteiger partial charge in [-0.2, -0.15) is 0 Å². The smallest absolute Gasteiger partial charge is 0.328 e. The molecule has 0 atom stereocenters. The van der Waals surface area contributed by atoms with Crippen LogP contribution in [0.1, 0.15) is 35.0 Å². The van der Waals surface area contributed by atoms with Crippen LogP contribution in [0.3, 0.4) is 0 Å². The normalized spacial score (nSPS) is 14.8. The molecular formula is C15H20N2O3S. The first-order valence-electron chi connectivity index (χ1n) is 7.12. The molecule has 5 nitrogen and oxygen atoms in total. The fourth-order valence-electron chi connectivity index (χ4n) is 2.23. The van der Waals surface area contributed by atoms with Crippen molar-refractivity contribution in [3.05, 3.63) is 28.0 Å². The van der Waals surface area contributed by atoms with Crippen LogP contribution in [-0.2, 0) is 4.79 Å². The van der Waals surface area contributed by atoms with E-state index in [1.54, 1.807) is 11.4 Å². The number of rotatable bonds is 8. The van der Waals surface area contributed by atoms with Gasteiger partial charge in [-0.1, -0.05) is 6.92 Å². The van der Waals surface area contributed by atoms with E-state index < -0.39 is 5.97 Å². The Morgan fingerprint density at radius 1 is 1.52 bits per heavy atom. The maximum Gasteiger partial charge on any atom is 0.328 e. The average molecular weight is 308 g/mol. The zero-order valence-corrected chi connectivity index (χ0v) is 12.9. The third kappa shape index (κ3) is 4.68. The lowest BCUT2D eigenvalue weighted by Gasteiger charge is -2.19. The van der Waals surface area contributed by atoms with E-state index in [1.165, 1.54) is 30.3 Å². The molecule has 1 amide bonds. The molecular weight excluding hydrogens is 288 g/mol. The second-order valence-corrected chi connectivity index (χ2v) is 5.91. The first-order valence-corrected chi connectivity index (χ1v) is 8.00. The van der Waals surface area contributed by atoms with E-state index in [-0.39, 0.29) is 5.91 Å². The van der Waals surface area contributed by atoms with Crippen molar-refractivity contribution in [2.24, 2.45) is 0 Å². The maximum atomic E-state index is 12.1. The second-order valence-electron chi connectivity index (χ2n) is 4.99. The maximum absolute atomic E-state index is 12.1. The minimum Gasteiger partial charge on any atom is -0.478 e. The van der Waals surface area contributed by atoms with Crippen LogP contribution in [0.2, 0.25) is 0 Å². The number of aliphatic carboxylic acids is 1. The SMILES string of the molecule is CCN(CCNC(=O)c1sccc1/C=C/C(=O)O)C1CC1. The van der Waals surface area contributed by atoms with Crippen molar-refractivity contribution in [1.82, 2.24) is 10.2 Å². The summed E-state index contributed by atoms with van der Waals surface area (Å²) in [6.07, 6.45) is 5.02. The van der Waals surface area contributed by atoms with Crippen LogP contribution >= 0.6 is 11.3 Å². The fourth-order valence-corrected chi connectivity index (χ4v) is 3.03. The lowest BCUT2D eigenvalue weighted by atomic mass is 10.2. The summed E-state index contributed by atoms with van der Waals surface area (Å²) in [4.78, 5) is 25.6. The Morgan fingerprint density at radius 3 is 2.90 bits per heavy atom.